The van der Waals surface area contributed by atoms with E-state index in [2.05, 4.69) is 39.4 Å². The summed E-state index contributed by atoms with van der Waals surface area (Å²) in [5.74, 6) is 1.81. The molecule has 4 fully saturated rings. The molecular weight excluding hydrogens is 460 g/mol. The van der Waals surface area contributed by atoms with Gasteiger partial charge in [0.1, 0.15) is 11.9 Å². The van der Waals surface area contributed by atoms with Gasteiger partial charge in [-0.05, 0) is 56.2 Å². The van der Waals surface area contributed by atoms with Crippen molar-refractivity contribution in [3.63, 3.8) is 0 Å². The van der Waals surface area contributed by atoms with Crippen molar-refractivity contribution in [1.82, 2.24) is 24.4 Å². The maximum atomic E-state index is 9.69. The monoisotopic (exact) mass is 486 g/mol. The molecule has 0 spiro atoms. The topological polar surface area (TPSA) is 101 Å². The van der Waals surface area contributed by atoms with Gasteiger partial charge in [-0.25, -0.2) is 9.50 Å². The highest BCUT2D eigenvalue weighted by atomic mass is 35.5. The largest absolute Gasteiger partial charge is 0.350 e. The van der Waals surface area contributed by atoms with Gasteiger partial charge >= 0.3 is 0 Å². The molecule has 0 amide bonds. The van der Waals surface area contributed by atoms with Crippen LogP contribution < -0.4 is 10.6 Å². The minimum absolute atomic E-state index is 0. The van der Waals surface area contributed by atoms with Crippen LogP contribution in [-0.2, 0) is 7.05 Å². The maximum Gasteiger partial charge on any atom is 0.129 e. The molecule has 4 aliphatic rings. The molecule has 2 N–H and O–H groups in total. The molecule has 6 heterocycles. The third-order valence-corrected chi connectivity index (χ3v) is 8.07. The molecule has 178 valence electrons. The van der Waals surface area contributed by atoms with Crippen molar-refractivity contribution in [3.05, 3.63) is 54.7 Å². The van der Waals surface area contributed by atoms with E-state index in [9.17, 15) is 5.26 Å². The second-order valence-corrected chi connectivity index (χ2v) is 10.4. The number of aromatic nitrogens is 5. The molecule has 35 heavy (non-hydrogen) atoms. The van der Waals surface area contributed by atoms with Crippen LogP contribution >= 0.6 is 12.4 Å². The standard InChI is InChI=1S/C26H26N8.ClH/c1-32-14-20(13-30-32)18-6-23(25-19(10-27)12-31-33(25)15-18)17-2-3-24(29-11-17)34-21-4-16-5-22(34)9-26(28,7-16)8-21;/h2-3,6,11-16,21-22H,4-5,7-9,28H2,1H3;1H/t16?,21-,22+,26?;. The lowest BCUT2D eigenvalue weighted by atomic mass is 9.60. The van der Waals surface area contributed by atoms with Crippen molar-refractivity contribution in [1.29, 1.82) is 5.26 Å². The van der Waals surface area contributed by atoms with E-state index >= 15 is 0 Å². The van der Waals surface area contributed by atoms with Crippen molar-refractivity contribution >= 4 is 23.7 Å². The molecular formula is C26H27ClN8. The Kier molecular flexibility index (Phi) is 4.92. The number of fused-ring (bicyclic) bond motifs is 1. The van der Waals surface area contributed by atoms with Gasteiger partial charge in [-0.15, -0.1) is 12.4 Å². The number of anilines is 1. The molecule has 9 heteroatoms. The second-order valence-electron chi connectivity index (χ2n) is 10.4. The molecule has 0 aromatic carbocycles. The third-order valence-electron chi connectivity index (χ3n) is 8.07. The van der Waals surface area contributed by atoms with E-state index in [1.165, 1.54) is 19.3 Å². The van der Waals surface area contributed by atoms with Crippen molar-refractivity contribution in [3.8, 4) is 28.3 Å². The molecule has 8 nitrogen and oxygen atoms in total. The molecule has 2 aliphatic carbocycles. The fraction of sp³-hybridized carbons (Fsp3) is 0.385. The highest BCUT2D eigenvalue weighted by Gasteiger charge is 2.53. The summed E-state index contributed by atoms with van der Waals surface area (Å²) in [6.07, 6.45) is 15.1. The van der Waals surface area contributed by atoms with E-state index in [1.54, 1.807) is 15.4 Å². The predicted octanol–water partition coefficient (Wildman–Crippen LogP) is 3.94. The van der Waals surface area contributed by atoms with E-state index in [0.29, 0.717) is 17.6 Å². The minimum Gasteiger partial charge on any atom is -0.350 e. The van der Waals surface area contributed by atoms with Gasteiger partial charge in [0.05, 0.1) is 23.5 Å². The summed E-state index contributed by atoms with van der Waals surface area (Å²) in [6, 6.07) is 9.64. The van der Waals surface area contributed by atoms with Crippen LogP contribution in [0.25, 0.3) is 27.8 Å². The average molecular weight is 487 g/mol. The number of piperidine rings is 2. The summed E-state index contributed by atoms with van der Waals surface area (Å²) in [5, 5.41) is 18.4. The van der Waals surface area contributed by atoms with Crippen molar-refractivity contribution < 1.29 is 0 Å². The first-order valence-corrected chi connectivity index (χ1v) is 11.9. The molecule has 2 saturated heterocycles. The van der Waals surface area contributed by atoms with Crippen LogP contribution in [0.15, 0.2) is 49.2 Å². The molecule has 4 aromatic rings. The predicted molar refractivity (Wildman–Crippen MR) is 136 cm³/mol. The minimum atomic E-state index is 0. The van der Waals surface area contributed by atoms with Crippen molar-refractivity contribution in [2.24, 2.45) is 18.7 Å². The van der Waals surface area contributed by atoms with Crippen molar-refractivity contribution in [2.75, 3.05) is 4.90 Å². The Morgan fingerprint density at radius 3 is 2.43 bits per heavy atom. The lowest BCUT2D eigenvalue weighted by molar-refractivity contribution is 0.0648. The molecule has 4 atom stereocenters. The van der Waals surface area contributed by atoms with E-state index in [4.69, 9.17) is 10.7 Å². The Morgan fingerprint density at radius 1 is 1.00 bits per heavy atom. The van der Waals surface area contributed by atoms with Gasteiger partial charge in [0.25, 0.3) is 0 Å². The third kappa shape index (κ3) is 3.41. The summed E-state index contributed by atoms with van der Waals surface area (Å²) >= 11 is 0. The smallest absolute Gasteiger partial charge is 0.129 e. The molecule has 2 unspecified atom stereocenters. The average Bonchev–Trinajstić information content (AvgIpc) is 3.43. The lowest BCUT2D eigenvalue weighted by Crippen LogP contribution is -2.67. The van der Waals surface area contributed by atoms with Crippen LogP contribution in [-0.4, -0.2) is 42.0 Å². The van der Waals surface area contributed by atoms with Crippen LogP contribution in [0.4, 0.5) is 5.82 Å². The van der Waals surface area contributed by atoms with Crippen molar-refractivity contribution in [2.45, 2.75) is 49.7 Å². The maximum absolute atomic E-state index is 9.69. The number of halogens is 1. The Morgan fingerprint density at radius 2 is 1.80 bits per heavy atom. The van der Waals surface area contributed by atoms with Gasteiger partial charge in [-0.2, -0.15) is 15.5 Å². The number of nitrogens with zero attached hydrogens (tertiary/aromatic N) is 7. The number of nitriles is 1. The summed E-state index contributed by atoms with van der Waals surface area (Å²) in [4.78, 5) is 7.47. The van der Waals surface area contributed by atoms with E-state index in [-0.39, 0.29) is 17.9 Å². The van der Waals surface area contributed by atoms with E-state index in [0.717, 1.165) is 52.3 Å². The van der Waals surface area contributed by atoms with Gasteiger partial charge in [0, 0.05) is 65.5 Å². The SMILES string of the molecule is Cl.Cn1cc(-c2cc(-c3ccc(N4[C@@H]5CC6C[C@H]4CC(N)(C6)C5)nc3)c3c(C#N)cnn3c2)cn1. The zero-order chi connectivity index (χ0) is 23.0. The lowest BCUT2D eigenvalue weighted by Gasteiger charge is -2.60. The quantitative estimate of drug-likeness (QED) is 0.470. The molecule has 2 saturated carbocycles. The van der Waals surface area contributed by atoms with Gasteiger partial charge < -0.3 is 10.6 Å². The van der Waals surface area contributed by atoms with Crippen LogP contribution in [0.2, 0.25) is 0 Å². The zero-order valence-electron chi connectivity index (χ0n) is 19.5. The first-order chi connectivity index (χ1) is 16.5. The normalized spacial score (nSPS) is 26.7. The van der Waals surface area contributed by atoms with Gasteiger partial charge in [0.2, 0.25) is 0 Å². The number of hydrogen-bond donors (Lipinski definition) is 1. The van der Waals surface area contributed by atoms with E-state index < -0.39 is 0 Å². The first-order valence-electron chi connectivity index (χ1n) is 11.9. The molecule has 4 aromatic heterocycles. The van der Waals surface area contributed by atoms with Crippen LogP contribution in [0.5, 0.6) is 0 Å². The first kappa shape index (κ1) is 22.1. The highest BCUT2D eigenvalue weighted by molar-refractivity contribution is 5.87. The van der Waals surface area contributed by atoms with Crippen LogP contribution in [0.1, 0.15) is 37.7 Å². The number of aryl methyl sites for hydroxylation is 1. The molecule has 8 rings (SSSR count). The van der Waals surface area contributed by atoms with E-state index in [1.807, 2.05) is 31.8 Å². The Labute approximate surface area is 209 Å². The summed E-state index contributed by atoms with van der Waals surface area (Å²) < 4.78 is 3.57. The summed E-state index contributed by atoms with van der Waals surface area (Å²) in [7, 11) is 1.90. The summed E-state index contributed by atoms with van der Waals surface area (Å²) in [6.45, 7) is 0. The number of nitrogens with two attached hydrogens (primary N) is 1. The Hall–Kier alpha value is -3.41. The van der Waals surface area contributed by atoms with Gasteiger partial charge in [-0.1, -0.05) is 0 Å². The highest BCUT2D eigenvalue weighted by Crippen LogP contribution is 2.51. The molecule has 2 aliphatic heterocycles. The number of rotatable bonds is 3. The van der Waals surface area contributed by atoms with Gasteiger partial charge in [0.15, 0.2) is 0 Å². The zero-order valence-corrected chi connectivity index (χ0v) is 20.3. The molecule has 0 radical (unpaired) electrons. The Balaban J connectivity index is 0.00000229. The number of pyridine rings is 2. The molecule has 4 bridgehead atoms. The number of hydrogen-bond acceptors (Lipinski definition) is 6. The van der Waals surface area contributed by atoms with Gasteiger partial charge in [-0.3, -0.25) is 4.68 Å². The fourth-order valence-electron chi connectivity index (χ4n) is 6.91. The van der Waals surface area contributed by atoms with Crippen LogP contribution in [0, 0.1) is 17.2 Å². The second kappa shape index (κ2) is 7.80. The summed E-state index contributed by atoms with van der Waals surface area (Å²) in [5.41, 5.74) is 12.0. The van der Waals surface area contributed by atoms with Crippen LogP contribution in [0.3, 0.4) is 0 Å². The fourth-order valence-corrected chi connectivity index (χ4v) is 6.91. The Bertz CT molecular complexity index is 1450.